The lowest BCUT2D eigenvalue weighted by molar-refractivity contribution is 0.0945. The highest BCUT2D eigenvalue weighted by molar-refractivity contribution is 5.76. The van der Waals surface area contributed by atoms with Gasteiger partial charge in [-0.25, -0.2) is 4.39 Å². The number of aldehydes is 1. The fraction of sp³-hybridized carbons (Fsp3) is 0.417. The van der Waals surface area contributed by atoms with Crippen LogP contribution in [0.3, 0.4) is 0 Å². The Morgan fingerprint density at radius 2 is 2.19 bits per heavy atom. The highest BCUT2D eigenvalue weighted by Crippen LogP contribution is 2.19. The SMILES string of the molecule is CCc1ccc(C=O)c(F)c1CC(O)CO. The lowest BCUT2D eigenvalue weighted by atomic mass is 9.97. The van der Waals surface area contributed by atoms with Crippen molar-refractivity contribution in [2.24, 2.45) is 0 Å². The van der Waals surface area contributed by atoms with Gasteiger partial charge in [0.1, 0.15) is 5.82 Å². The Morgan fingerprint density at radius 3 is 2.69 bits per heavy atom. The molecule has 88 valence electrons. The molecular formula is C12H15FO3. The molecule has 1 atom stereocenters. The summed E-state index contributed by atoms with van der Waals surface area (Å²) in [5, 5.41) is 18.0. The number of hydrogen-bond donors (Lipinski definition) is 2. The van der Waals surface area contributed by atoms with Crippen molar-refractivity contribution in [3.05, 3.63) is 34.6 Å². The van der Waals surface area contributed by atoms with Gasteiger partial charge in [-0.1, -0.05) is 13.0 Å². The van der Waals surface area contributed by atoms with E-state index in [0.717, 1.165) is 5.56 Å². The van der Waals surface area contributed by atoms with E-state index in [2.05, 4.69) is 0 Å². The van der Waals surface area contributed by atoms with E-state index in [0.29, 0.717) is 18.3 Å². The van der Waals surface area contributed by atoms with Crippen molar-refractivity contribution in [3.63, 3.8) is 0 Å². The Labute approximate surface area is 93.5 Å². The van der Waals surface area contributed by atoms with Crippen molar-refractivity contribution in [1.29, 1.82) is 0 Å². The van der Waals surface area contributed by atoms with E-state index in [1.54, 1.807) is 6.07 Å². The molecule has 0 radical (unpaired) electrons. The Balaban J connectivity index is 3.15. The van der Waals surface area contributed by atoms with Gasteiger partial charge in [0.15, 0.2) is 6.29 Å². The first-order valence-corrected chi connectivity index (χ1v) is 5.18. The molecule has 0 spiro atoms. The molecule has 0 heterocycles. The topological polar surface area (TPSA) is 57.5 Å². The van der Waals surface area contributed by atoms with Gasteiger partial charge in [0.25, 0.3) is 0 Å². The maximum Gasteiger partial charge on any atom is 0.153 e. The molecule has 1 unspecified atom stereocenters. The summed E-state index contributed by atoms with van der Waals surface area (Å²) in [5.41, 5.74) is 1.04. The number of carbonyl (C=O) groups excluding carboxylic acids is 1. The molecule has 0 aromatic heterocycles. The zero-order valence-electron chi connectivity index (χ0n) is 9.11. The Morgan fingerprint density at radius 1 is 1.50 bits per heavy atom. The van der Waals surface area contributed by atoms with Crippen LogP contribution in [0.5, 0.6) is 0 Å². The molecule has 0 aliphatic heterocycles. The first-order valence-electron chi connectivity index (χ1n) is 5.18. The zero-order valence-corrected chi connectivity index (χ0v) is 9.11. The molecule has 0 fully saturated rings. The third-order valence-electron chi connectivity index (χ3n) is 2.53. The van der Waals surface area contributed by atoms with Gasteiger partial charge in [-0.15, -0.1) is 0 Å². The second-order valence-electron chi connectivity index (χ2n) is 3.62. The monoisotopic (exact) mass is 226 g/mol. The van der Waals surface area contributed by atoms with E-state index in [4.69, 9.17) is 5.11 Å². The fourth-order valence-electron chi connectivity index (χ4n) is 1.62. The number of hydrogen-bond acceptors (Lipinski definition) is 3. The zero-order chi connectivity index (χ0) is 12.1. The second-order valence-corrected chi connectivity index (χ2v) is 3.62. The van der Waals surface area contributed by atoms with Crippen LogP contribution in [0.2, 0.25) is 0 Å². The smallest absolute Gasteiger partial charge is 0.153 e. The summed E-state index contributed by atoms with van der Waals surface area (Å²) in [6, 6.07) is 3.10. The van der Waals surface area contributed by atoms with Crippen LogP contribution in [-0.4, -0.2) is 29.2 Å². The molecule has 3 nitrogen and oxygen atoms in total. The van der Waals surface area contributed by atoms with Crippen LogP contribution in [-0.2, 0) is 12.8 Å². The van der Waals surface area contributed by atoms with Crippen molar-refractivity contribution in [2.75, 3.05) is 6.61 Å². The number of aliphatic hydroxyl groups excluding tert-OH is 2. The van der Waals surface area contributed by atoms with Gasteiger partial charge in [-0.3, -0.25) is 4.79 Å². The molecule has 0 bridgehead atoms. The average molecular weight is 226 g/mol. The summed E-state index contributed by atoms with van der Waals surface area (Å²) in [4.78, 5) is 10.6. The normalized spacial score (nSPS) is 12.5. The molecule has 2 N–H and O–H groups in total. The Bertz CT molecular complexity index is 377. The molecule has 0 aliphatic rings. The number of aryl methyl sites for hydroxylation is 1. The van der Waals surface area contributed by atoms with Gasteiger partial charge in [-0.2, -0.15) is 0 Å². The molecule has 1 aromatic carbocycles. The molecule has 0 saturated carbocycles. The number of halogens is 1. The quantitative estimate of drug-likeness (QED) is 0.739. The van der Waals surface area contributed by atoms with Gasteiger partial charge >= 0.3 is 0 Å². The largest absolute Gasteiger partial charge is 0.394 e. The van der Waals surface area contributed by atoms with Gasteiger partial charge < -0.3 is 10.2 Å². The van der Waals surface area contributed by atoms with Gasteiger partial charge in [0.2, 0.25) is 0 Å². The van der Waals surface area contributed by atoms with E-state index >= 15 is 0 Å². The van der Waals surface area contributed by atoms with Crippen LogP contribution >= 0.6 is 0 Å². The minimum atomic E-state index is -0.998. The van der Waals surface area contributed by atoms with Crippen LogP contribution in [0.4, 0.5) is 4.39 Å². The number of carbonyl (C=O) groups is 1. The van der Waals surface area contributed by atoms with Gasteiger partial charge in [0, 0.05) is 6.42 Å². The summed E-state index contributed by atoms with van der Waals surface area (Å²) in [6.45, 7) is 1.44. The third kappa shape index (κ3) is 2.65. The number of aliphatic hydroxyl groups is 2. The van der Waals surface area contributed by atoms with E-state index in [-0.39, 0.29) is 12.0 Å². The van der Waals surface area contributed by atoms with Crippen molar-refractivity contribution in [3.8, 4) is 0 Å². The van der Waals surface area contributed by atoms with E-state index in [1.807, 2.05) is 6.92 Å². The molecule has 4 heteroatoms. The van der Waals surface area contributed by atoms with E-state index in [9.17, 15) is 14.3 Å². The predicted molar refractivity (Wildman–Crippen MR) is 58.0 cm³/mol. The summed E-state index contributed by atoms with van der Waals surface area (Å²) in [7, 11) is 0. The lowest BCUT2D eigenvalue weighted by Crippen LogP contribution is -2.17. The maximum atomic E-state index is 13.8. The number of benzene rings is 1. The van der Waals surface area contributed by atoms with Crippen LogP contribution in [0, 0.1) is 5.82 Å². The molecule has 1 rings (SSSR count). The molecule has 0 aliphatic carbocycles. The van der Waals surface area contributed by atoms with Crippen LogP contribution in [0.15, 0.2) is 12.1 Å². The van der Waals surface area contributed by atoms with E-state index < -0.39 is 18.5 Å². The van der Waals surface area contributed by atoms with Crippen molar-refractivity contribution >= 4 is 6.29 Å². The maximum absolute atomic E-state index is 13.8. The van der Waals surface area contributed by atoms with Gasteiger partial charge in [0.05, 0.1) is 18.3 Å². The van der Waals surface area contributed by atoms with Crippen molar-refractivity contribution < 1.29 is 19.4 Å². The van der Waals surface area contributed by atoms with Crippen LogP contribution in [0.25, 0.3) is 0 Å². The summed E-state index contributed by atoms with van der Waals surface area (Å²) in [5.74, 6) is -0.596. The second kappa shape index (κ2) is 5.72. The summed E-state index contributed by atoms with van der Waals surface area (Å²) >= 11 is 0. The summed E-state index contributed by atoms with van der Waals surface area (Å²) in [6.07, 6.45) is 0.0852. The average Bonchev–Trinajstić information content (AvgIpc) is 2.31. The van der Waals surface area contributed by atoms with Crippen LogP contribution < -0.4 is 0 Å². The van der Waals surface area contributed by atoms with Gasteiger partial charge in [-0.05, 0) is 23.6 Å². The minimum absolute atomic E-state index is 0.0164. The highest BCUT2D eigenvalue weighted by atomic mass is 19.1. The molecular weight excluding hydrogens is 211 g/mol. The molecule has 0 amide bonds. The Kier molecular flexibility index (Phi) is 4.58. The molecule has 16 heavy (non-hydrogen) atoms. The van der Waals surface area contributed by atoms with Crippen molar-refractivity contribution in [2.45, 2.75) is 25.9 Å². The van der Waals surface area contributed by atoms with E-state index in [1.165, 1.54) is 6.07 Å². The third-order valence-corrected chi connectivity index (χ3v) is 2.53. The summed E-state index contributed by atoms with van der Waals surface area (Å²) < 4.78 is 13.8. The lowest BCUT2D eigenvalue weighted by Gasteiger charge is -2.13. The molecule has 1 aromatic rings. The molecule has 0 saturated heterocycles. The number of rotatable bonds is 5. The fourth-order valence-corrected chi connectivity index (χ4v) is 1.62. The first-order chi connectivity index (χ1) is 7.63. The predicted octanol–water partition coefficient (Wildman–Crippen LogP) is 1.10. The minimum Gasteiger partial charge on any atom is -0.394 e. The van der Waals surface area contributed by atoms with Crippen molar-refractivity contribution in [1.82, 2.24) is 0 Å². The standard InChI is InChI=1S/C12H15FO3/c1-2-8-3-4-9(6-14)12(13)11(8)5-10(16)7-15/h3-4,6,10,15-16H,2,5,7H2,1H3. The first kappa shape index (κ1) is 12.8. The van der Waals surface area contributed by atoms with Crippen LogP contribution in [0.1, 0.15) is 28.4 Å². The Hall–Kier alpha value is -1.26. The highest BCUT2D eigenvalue weighted by Gasteiger charge is 2.15.